The molecule has 0 aliphatic heterocycles. The number of hydrogen-bond acceptors (Lipinski definition) is 5. The van der Waals surface area contributed by atoms with E-state index in [1.165, 1.54) is 10.1 Å². The van der Waals surface area contributed by atoms with Crippen LogP contribution in [0.5, 0.6) is 0 Å². The third-order valence-electron chi connectivity index (χ3n) is 6.87. The van der Waals surface area contributed by atoms with Crippen LogP contribution in [0.25, 0.3) is 33.7 Å². The summed E-state index contributed by atoms with van der Waals surface area (Å²) in [5, 5.41) is 13.2. The Morgan fingerprint density at radius 2 is 1.92 bits per heavy atom. The highest BCUT2D eigenvalue weighted by molar-refractivity contribution is 5.94. The molecule has 0 saturated heterocycles. The molecule has 0 radical (unpaired) electrons. The van der Waals surface area contributed by atoms with Gasteiger partial charge in [0.05, 0.1) is 17.6 Å². The van der Waals surface area contributed by atoms with Gasteiger partial charge in [-0.05, 0) is 53.6 Å². The van der Waals surface area contributed by atoms with Crippen LogP contribution in [0.3, 0.4) is 0 Å². The minimum atomic E-state index is -0.280. The Hall–Kier alpha value is -3.78. The fourth-order valence-electron chi connectivity index (χ4n) is 4.51. The van der Waals surface area contributed by atoms with E-state index in [-0.39, 0.29) is 35.1 Å². The fraction of sp³-hybridized carbons (Fsp3) is 0.357. The molecule has 2 N–H and O–H groups in total. The maximum atomic E-state index is 12.7. The zero-order valence-corrected chi connectivity index (χ0v) is 21.3. The molecule has 1 aliphatic carbocycles. The minimum Gasteiger partial charge on any atom is -0.392 e. The van der Waals surface area contributed by atoms with Crippen molar-refractivity contribution >= 4 is 22.6 Å². The number of aliphatic hydroxyl groups is 1. The molecular formula is C28H31N5O3. The van der Waals surface area contributed by atoms with Crippen molar-refractivity contribution in [1.82, 2.24) is 19.1 Å². The van der Waals surface area contributed by atoms with Gasteiger partial charge < -0.3 is 19.6 Å². The standard InChI is InChI=1S/C28H31N5O3/c1-28(2,3)18-8-9-21-23(13-18)33(5)25(30-21)24-20(15-34)19(10-11-29-24)17-12-22(27(36)32(4)14-17)31-26(35)16-6-7-16/h8-14,16,34H,6-7,15H2,1-5H3,(H,31,35). The van der Waals surface area contributed by atoms with Crippen LogP contribution in [0.15, 0.2) is 47.5 Å². The van der Waals surface area contributed by atoms with Crippen LogP contribution >= 0.6 is 0 Å². The van der Waals surface area contributed by atoms with Gasteiger partial charge in [-0.1, -0.05) is 26.8 Å². The maximum absolute atomic E-state index is 12.7. The predicted octanol–water partition coefficient (Wildman–Crippen LogP) is 4.14. The van der Waals surface area contributed by atoms with Gasteiger partial charge in [0, 0.05) is 43.5 Å². The lowest BCUT2D eigenvalue weighted by Crippen LogP contribution is -2.25. The summed E-state index contributed by atoms with van der Waals surface area (Å²) in [5.74, 6) is 0.501. The zero-order chi connectivity index (χ0) is 25.8. The van der Waals surface area contributed by atoms with Crippen LogP contribution in [0.1, 0.15) is 44.7 Å². The molecule has 1 saturated carbocycles. The van der Waals surface area contributed by atoms with Gasteiger partial charge in [-0.3, -0.25) is 14.6 Å². The van der Waals surface area contributed by atoms with Crippen LogP contribution in [0.4, 0.5) is 5.69 Å². The Kier molecular flexibility index (Phi) is 5.79. The molecule has 1 aromatic carbocycles. The average Bonchev–Trinajstić information content (AvgIpc) is 3.64. The number of amides is 1. The number of carbonyl (C=O) groups excluding carboxylic acids is 1. The van der Waals surface area contributed by atoms with Crippen LogP contribution in [0.2, 0.25) is 0 Å². The van der Waals surface area contributed by atoms with Crippen LogP contribution < -0.4 is 10.9 Å². The Bertz CT molecular complexity index is 1550. The van der Waals surface area contributed by atoms with Crippen LogP contribution in [-0.2, 0) is 30.9 Å². The monoisotopic (exact) mass is 485 g/mol. The molecule has 0 unspecified atom stereocenters. The molecule has 1 fully saturated rings. The predicted molar refractivity (Wildman–Crippen MR) is 141 cm³/mol. The summed E-state index contributed by atoms with van der Waals surface area (Å²) in [4.78, 5) is 34.5. The van der Waals surface area contributed by atoms with Gasteiger partial charge in [-0.25, -0.2) is 4.98 Å². The number of aromatic nitrogens is 4. The molecule has 8 heteroatoms. The molecule has 3 heterocycles. The van der Waals surface area contributed by atoms with Gasteiger partial charge >= 0.3 is 0 Å². The number of fused-ring (bicyclic) bond motifs is 1. The number of nitrogens with one attached hydrogen (secondary N) is 1. The van der Waals surface area contributed by atoms with E-state index in [2.05, 4.69) is 43.2 Å². The number of carbonyl (C=O) groups is 1. The molecule has 3 aromatic heterocycles. The van der Waals surface area contributed by atoms with Crippen molar-refractivity contribution in [3.63, 3.8) is 0 Å². The second-order valence-corrected chi connectivity index (χ2v) is 10.6. The van der Waals surface area contributed by atoms with Crippen molar-refractivity contribution in [1.29, 1.82) is 0 Å². The summed E-state index contributed by atoms with van der Waals surface area (Å²) in [5.41, 5.74) is 5.59. The smallest absolute Gasteiger partial charge is 0.274 e. The summed E-state index contributed by atoms with van der Waals surface area (Å²) in [6.07, 6.45) is 5.09. The number of rotatable bonds is 5. The molecule has 1 aliphatic rings. The van der Waals surface area contributed by atoms with Crippen molar-refractivity contribution < 1.29 is 9.90 Å². The van der Waals surface area contributed by atoms with Crippen molar-refractivity contribution in [2.45, 2.75) is 45.6 Å². The third-order valence-corrected chi connectivity index (χ3v) is 6.87. The molecule has 0 atom stereocenters. The molecule has 0 spiro atoms. The van der Waals surface area contributed by atoms with E-state index in [9.17, 15) is 14.7 Å². The summed E-state index contributed by atoms with van der Waals surface area (Å²) in [6, 6.07) is 9.74. The van der Waals surface area contributed by atoms with Crippen LogP contribution in [-0.4, -0.2) is 30.1 Å². The molecule has 5 rings (SSSR count). The average molecular weight is 486 g/mol. The lowest BCUT2D eigenvalue weighted by molar-refractivity contribution is -0.117. The van der Waals surface area contributed by atoms with Crippen molar-refractivity contribution in [3.8, 4) is 22.6 Å². The molecule has 8 nitrogen and oxygen atoms in total. The van der Waals surface area contributed by atoms with Crippen molar-refractivity contribution in [2.75, 3.05) is 5.32 Å². The lowest BCUT2D eigenvalue weighted by Gasteiger charge is -2.19. The normalized spacial score (nSPS) is 13.8. The van der Waals surface area contributed by atoms with E-state index >= 15 is 0 Å². The highest BCUT2D eigenvalue weighted by Gasteiger charge is 2.30. The molecule has 36 heavy (non-hydrogen) atoms. The van der Waals surface area contributed by atoms with E-state index < -0.39 is 0 Å². The highest BCUT2D eigenvalue weighted by Crippen LogP contribution is 2.34. The summed E-state index contributed by atoms with van der Waals surface area (Å²) >= 11 is 0. The molecular weight excluding hydrogens is 454 g/mol. The quantitative estimate of drug-likeness (QED) is 0.442. The number of pyridine rings is 2. The Morgan fingerprint density at radius 1 is 1.17 bits per heavy atom. The van der Waals surface area contributed by atoms with Gasteiger partial charge in [0.1, 0.15) is 11.4 Å². The third kappa shape index (κ3) is 4.22. The maximum Gasteiger partial charge on any atom is 0.274 e. The summed E-state index contributed by atoms with van der Waals surface area (Å²) in [6.45, 7) is 6.26. The van der Waals surface area contributed by atoms with Gasteiger partial charge in [0.15, 0.2) is 5.82 Å². The second-order valence-electron chi connectivity index (χ2n) is 10.6. The number of imidazole rings is 1. The van der Waals surface area contributed by atoms with E-state index in [1.807, 2.05) is 23.7 Å². The van der Waals surface area contributed by atoms with E-state index in [1.54, 1.807) is 25.5 Å². The van der Waals surface area contributed by atoms with Crippen LogP contribution in [0, 0.1) is 5.92 Å². The number of hydrogen-bond donors (Lipinski definition) is 2. The first-order chi connectivity index (χ1) is 17.1. The minimum absolute atomic E-state index is 0.00291. The van der Waals surface area contributed by atoms with Gasteiger partial charge in [-0.2, -0.15) is 0 Å². The summed E-state index contributed by atoms with van der Waals surface area (Å²) in [7, 11) is 3.60. The number of benzene rings is 1. The summed E-state index contributed by atoms with van der Waals surface area (Å²) < 4.78 is 3.44. The molecule has 0 bridgehead atoms. The SMILES string of the molecule is Cn1cc(-c2ccnc(-c3nc4ccc(C(C)(C)C)cc4n3C)c2CO)cc(NC(=O)C2CC2)c1=O. The highest BCUT2D eigenvalue weighted by atomic mass is 16.3. The largest absolute Gasteiger partial charge is 0.392 e. The first-order valence-electron chi connectivity index (χ1n) is 12.2. The zero-order valence-electron chi connectivity index (χ0n) is 21.3. The van der Waals surface area contributed by atoms with Gasteiger partial charge in [0.25, 0.3) is 5.56 Å². The first-order valence-corrected chi connectivity index (χ1v) is 12.2. The number of aliphatic hydroxyl groups excluding tert-OH is 1. The topological polar surface area (TPSA) is 102 Å². The second kappa shape index (κ2) is 8.71. The Balaban J connectivity index is 1.63. The molecule has 4 aromatic rings. The van der Waals surface area contributed by atoms with E-state index in [0.29, 0.717) is 22.6 Å². The molecule has 186 valence electrons. The van der Waals surface area contributed by atoms with E-state index in [4.69, 9.17) is 4.98 Å². The number of nitrogens with zero attached hydrogens (tertiary/aromatic N) is 4. The van der Waals surface area contributed by atoms with E-state index in [0.717, 1.165) is 29.4 Å². The van der Waals surface area contributed by atoms with Crippen molar-refractivity contribution in [3.05, 3.63) is 64.2 Å². The first kappa shape index (κ1) is 23.9. The number of anilines is 1. The Labute approximate surface area is 209 Å². The van der Waals surface area contributed by atoms with Gasteiger partial charge in [-0.15, -0.1) is 0 Å². The van der Waals surface area contributed by atoms with Gasteiger partial charge in [0.2, 0.25) is 5.91 Å². The molecule has 1 amide bonds. The lowest BCUT2D eigenvalue weighted by atomic mass is 9.87. The van der Waals surface area contributed by atoms with Crippen molar-refractivity contribution in [2.24, 2.45) is 20.0 Å². The number of aryl methyl sites for hydroxylation is 2. The Morgan fingerprint density at radius 3 is 2.58 bits per heavy atom. The fourth-order valence-corrected chi connectivity index (χ4v) is 4.51.